The lowest BCUT2D eigenvalue weighted by Crippen LogP contribution is -2.35. The number of nitrogens with zero attached hydrogens (tertiary/aromatic N) is 2. The quantitative estimate of drug-likeness (QED) is 0.742. The molecule has 0 aliphatic heterocycles. The number of ketones is 1. The molecule has 0 amide bonds. The lowest BCUT2D eigenvalue weighted by atomic mass is 10.2. The minimum Gasteiger partial charge on any atom is -0.476 e. The third-order valence-corrected chi connectivity index (χ3v) is 4.24. The summed E-state index contributed by atoms with van der Waals surface area (Å²) in [5, 5.41) is 9.68. The van der Waals surface area contributed by atoms with Gasteiger partial charge in [0.15, 0.2) is 16.6 Å². The Morgan fingerprint density at radius 2 is 2.15 bits per heavy atom. The Bertz CT molecular complexity index is 455. The molecular weight excluding hydrogens is 280 g/mol. The highest BCUT2D eigenvalue weighted by Crippen LogP contribution is 2.28. The van der Waals surface area contributed by atoms with E-state index in [2.05, 4.69) is 4.98 Å². The van der Waals surface area contributed by atoms with Gasteiger partial charge in [-0.2, -0.15) is 0 Å². The Morgan fingerprint density at radius 1 is 1.50 bits per heavy atom. The number of carbonyl (C=O) groups excluding carboxylic acids is 1. The molecule has 7 heteroatoms. The second-order valence-electron chi connectivity index (χ2n) is 4.48. The van der Waals surface area contributed by atoms with Gasteiger partial charge in [-0.25, -0.2) is 9.78 Å². The molecule has 1 atom stereocenters. The van der Waals surface area contributed by atoms with E-state index < -0.39 is 5.97 Å². The van der Waals surface area contributed by atoms with Crippen molar-refractivity contribution in [1.29, 1.82) is 0 Å². The number of anilines is 1. The summed E-state index contributed by atoms with van der Waals surface area (Å²) in [6.07, 6.45) is 0.890. The number of Topliss-reactive ketones (excluding diaryl/α,β-unsaturated/α-hetero) is 1. The van der Waals surface area contributed by atoms with Crippen molar-refractivity contribution >= 4 is 28.2 Å². The molecule has 6 nitrogen and oxygen atoms in total. The summed E-state index contributed by atoms with van der Waals surface area (Å²) in [4.78, 5) is 29.0. The van der Waals surface area contributed by atoms with Crippen molar-refractivity contribution in [2.24, 2.45) is 0 Å². The fraction of sp³-hybridized carbons (Fsp3) is 0.615. The first kappa shape index (κ1) is 16.6. The van der Waals surface area contributed by atoms with E-state index in [4.69, 9.17) is 9.84 Å². The summed E-state index contributed by atoms with van der Waals surface area (Å²) in [5.74, 6) is -1.45. The molecule has 0 bridgehead atoms. The van der Waals surface area contributed by atoms with Gasteiger partial charge in [0.1, 0.15) is 4.88 Å². The Balaban J connectivity index is 3.16. The number of thiazole rings is 1. The van der Waals surface area contributed by atoms with E-state index in [9.17, 15) is 9.59 Å². The molecule has 112 valence electrons. The van der Waals surface area contributed by atoms with Crippen molar-refractivity contribution in [2.75, 3.05) is 25.2 Å². The second kappa shape index (κ2) is 7.35. The van der Waals surface area contributed by atoms with Crippen LogP contribution in [0.3, 0.4) is 0 Å². The van der Waals surface area contributed by atoms with Crippen molar-refractivity contribution < 1.29 is 19.4 Å². The van der Waals surface area contributed by atoms with Crippen molar-refractivity contribution in [2.45, 2.75) is 33.2 Å². The molecule has 20 heavy (non-hydrogen) atoms. The average Bonchev–Trinajstić information content (AvgIpc) is 2.84. The third-order valence-electron chi connectivity index (χ3n) is 3.04. The summed E-state index contributed by atoms with van der Waals surface area (Å²) in [5.41, 5.74) is -0.164. The highest BCUT2D eigenvalue weighted by molar-refractivity contribution is 7.17. The lowest BCUT2D eigenvalue weighted by Gasteiger charge is -2.27. The van der Waals surface area contributed by atoms with Crippen LogP contribution in [0.1, 0.15) is 47.4 Å². The number of carboxylic acid groups (broad SMARTS) is 1. The molecular formula is C13H20N2O4S. The maximum atomic E-state index is 11.5. The smallest absolute Gasteiger partial charge is 0.356 e. The Morgan fingerprint density at radius 3 is 2.55 bits per heavy atom. The van der Waals surface area contributed by atoms with Crippen LogP contribution < -0.4 is 4.90 Å². The van der Waals surface area contributed by atoms with Crippen LogP contribution in [0.4, 0.5) is 5.13 Å². The Hall–Kier alpha value is -1.47. The highest BCUT2D eigenvalue weighted by Gasteiger charge is 2.24. The largest absolute Gasteiger partial charge is 0.476 e. The van der Waals surface area contributed by atoms with E-state index in [0.717, 1.165) is 17.8 Å². The summed E-state index contributed by atoms with van der Waals surface area (Å²) >= 11 is 1.13. The fourth-order valence-electron chi connectivity index (χ4n) is 1.73. The Labute approximate surface area is 122 Å². The maximum absolute atomic E-state index is 11.5. The van der Waals surface area contributed by atoms with Gasteiger partial charge in [0, 0.05) is 26.6 Å². The minimum absolute atomic E-state index is 0.164. The number of rotatable bonds is 8. The first-order chi connectivity index (χ1) is 9.42. The molecule has 0 fully saturated rings. The van der Waals surface area contributed by atoms with E-state index in [-0.39, 0.29) is 22.4 Å². The standard InChI is InChI=1S/C13H20N2O4S/c1-5-8(2)15(6-7-19-4)13-14-10(12(17)18)11(20-13)9(3)16/h8H,5-7H2,1-4H3,(H,17,18). The summed E-state index contributed by atoms with van der Waals surface area (Å²) in [7, 11) is 1.61. The molecule has 1 aromatic rings. The fourth-order valence-corrected chi connectivity index (χ4v) is 2.81. The number of carbonyl (C=O) groups is 2. The van der Waals surface area contributed by atoms with E-state index in [1.165, 1.54) is 6.92 Å². The second-order valence-corrected chi connectivity index (χ2v) is 5.46. The van der Waals surface area contributed by atoms with Crippen LogP contribution in [0.2, 0.25) is 0 Å². The predicted molar refractivity (Wildman–Crippen MR) is 78.1 cm³/mol. The van der Waals surface area contributed by atoms with Crippen LogP contribution >= 0.6 is 11.3 Å². The maximum Gasteiger partial charge on any atom is 0.356 e. The van der Waals surface area contributed by atoms with Crippen LogP contribution in [0.15, 0.2) is 0 Å². The molecule has 0 aromatic carbocycles. The molecule has 1 heterocycles. The number of carboxylic acids is 1. The number of aromatic carboxylic acids is 1. The zero-order valence-electron chi connectivity index (χ0n) is 12.2. The van der Waals surface area contributed by atoms with Crippen LogP contribution in [0.25, 0.3) is 0 Å². The lowest BCUT2D eigenvalue weighted by molar-refractivity contribution is 0.0687. The van der Waals surface area contributed by atoms with Gasteiger partial charge in [-0.3, -0.25) is 4.79 Å². The molecule has 0 aliphatic carbocycles. The number of hydrogen-bond acceptors (Lipinski definition) is 6. The minimum atomic E-state index is -1.17. The number of methoxy groups -OCH3 is 1. The van der Waals surface area contributed by atoms with Gasteiger partial charge in [-0.1, -0.05) is 18.3 Å². The van der Waals surface area contributed by atoms with E-state index >= 15 is 0 Å². The van der Waals surface area contributed by atoms with Gasteiger partial charge in [0.25, 0.3) is 0 Å². The first-order valence-electron chi connectivity index (χ1n) is 6.42. The van der Waals surface area contributed by atoms with E-state index in [1.807, 2.05) is 18.7 Å². The molecule has 0 saturated carbocycles. The highest BCUT2D eigenvalue weighted by atomic mass is 32.1. The predicted octanol–water partition coefficient (Wildman–Crippen LogP) is 2.30. The van der Waals surface area contributed by atoms with Gasteiger partial charge >= 0.3 is 5.97 Å². The molecule has 0 aliphatic rings. The molecule has 1 unspecified atom stereocenters. The SMILES string of the molecule is CCC(C)N(CCOC)c1nc(C(=O)O)c(C(C)=O)s1. The monoisotopic (exact) mass is 300 g/mol. The number of aromatic nitrogens is 1. The van der Waals surface area contributed by atoms with Crippen LogP contribution in [-0.4, -0.2) is 48.1 Å². The van der Waals surface area contributed by atoms with Crippen LogP contribution in [-0.2, 0) is 4.74 Å². The van der Waals surface area contributed by atoms with Crippen molar-refractivity contribution in [3.63, 3.8) is 0 Å². The number of ether oxygens (including phenoxy) is 1. The van der Waals surface area contributed by atoms with E-state index in [1.54, 1.807) is 7.11 Å². The summed E-state index contributed by atoms with van der Waals surface area (Å²) < 4.78 is 5.07. The third kappa shape index (κ3) is 3.77. The number of hydrogen-bond donors (Lipinski definition) is 1. The zero-order chi connectivity index (χ0) is 15.3. The van der Waals surface area contributed by atoms with Crippen molar-refractivity contribution in [1.82, 2.24) is 4.98 Å². The van der Waals surface area contributed by atoms with Crippen molar-refractivity contribution in [3.8, 4) is 0 Å². The molecule has 1 rings (SSSR count). The van der Waals surface area contributed by atoms with Gasteiger partial charge in [0.2, 0.25) is 0 Å². The van der Waals surface area contributed by atoms with Gasteiger partial charge in [0.05, 0.1) is 6.61 Å². The zero-order valence-corrected chi connectivity index (χ0v) is 13.0. The Kier molecular flexibility index (Phi) is 6.09. The molecule has 1 N–H and O–H groups in total. The van der Waals surface area contributed by atoms with Crippen LogP contribution in [0, 0.1) is 0 Å². The normalized spacial score (nSPS) is 12.2. The first-order valence-corrected chi connectivity index (χ1v) is 7.24. The van der Waals surface area contributed by atoms with Gasteiger partial charge in [-0.05, 0) is 13.3 Å². The van der Waals surface area contributed by atoms with Gasteiger partial charge < -0.3 is 14.7 Å². The molecule has 0 saturated heterocycles. The van der Waals surface area contributed by atoms with Crippen molar-refractivity contribution in [3.05, 3.63) is 10.6 Å². The average molecular weight is 300 g/mol. The van der Waals surface area contributed by atoms with Crippen LogP contribution in [0.5, 0.6) is 0 Å². The van der Waals surface area contributed by atoms with Gasteiger partial charge in [-0.15, -0.1) is 0 Å². The summed E-state index contributed by atoms with van der Waals surface area (Å²) in [6.45, 7) is 6.55. The van der Waals surface area contributed by atoms with E-state index in [0.29, 0.717) is 18.3 Å². The molecule has 1 aromatic heterocycles. The molecule has 0 spiro atoms. The summed E-state index contributed by atoms with van der Waals surface area (Å²) in [6, 6.07) is 0.192. The molecule has 0 radical (unpaired) electrons. The topological polar surface area (TPSA) is 79.7 Å².